The maximum atomic E-state index is 12.3. The van der Waals surface area contributed by atoms with Crippen molar-refractivity contribution in [3.63, 3.8) is 0 Å². The second-order valence-corrected chi connectivity index (χ2v) is 8.26. The Labute approximate surface area is 133 Å². The van der Waals surface area contributed by atoms with Crippen LogP contribution >= 0.6 is 11.6 Å². The van der Waals surface area contributed by atoms with Crippen LogP contribution in [0.4, 0.5) is 0 Å². The Kier molecular flexibility index (Phi) is 6.08. The van der Waals surface area contributed by atoms with Crippen molar-refractivity contribution in [1.29, 1.82) is 0 Å². The van der Waals surface area contributed by atoms with Crippen molar-refractivity contribution in [2.75, 3.05) is 6.54 Å². The van der Waals surface area contributed by atoms with Crippen LogP contribution in [0.1, 0.15) is 44.6 Å². The molecule has 0 spiro atoms. The monoisotopic (exact) mass is 329 g/mol. The molecule has 1 fully saturated rings. The topological polar surface area (TPSA) is 46.2 Å². The fourth-order valence-corrected chi connectivity index (χ4v) is 4.37. The minimum absolute atomic E-state index is 0.196. The molecule has 1 aliphatic rings. The fourth-order valence-electron chi connectivity index (χ4n) is 2.85. The third kappa shape index (κ3) is 4.97. The maximum Gasteiger partial charge on any atom is 0.240 e. The van der Waals surface area contributed by atoms with Gasteiger partial charge >= 0.3 is 0 Å². The number of sulfonamides is 1. The molecule has 5 heteroatoms. The molecule has 0 heterocycles. The SMILES string of the molecule is CCCc1ccc(S(=O)(=O)NCC2CCCC(Cl)C2)cc1. The minimum atomic E-state index is -3.40. The van der Waals surface area contributed by atoms with Gasteiger partial charge in [0.05, 0.1) is 4.90 Å². The van der Waals surface area contributed by atoms with E-state index in [0.717, 1.165) is 38.5 Å². The van der Waals surface area contributed by atoms with Crippen molar-refractivity contribution in [2.45, 2.75) is 55.7 Å². The summed E-state index contributed by atoms with van der Waals surface area (Å²) in [6, 6.07) is 7.18. The van der Waals surface area contributed by atoms with Crippen LogP contribution < -0.4 is 4.72 Å². The summed E-state index contributed by atoms with van der Waals surface area (Å²) < 4.78 is 27.3. The van der Waals surface area contributed by atoms with Gasteiger partial charge in [0.1, 0.15) is 0 Å². The Hall–Kier alpha value is -0.580. The Morgan fingerprint density at radius 3 is 2.57 bits per heavy atom. The van der Waals surface area contributed by atoms with E-state index >= 15 is 0 Å². The number of aryl methyl sites for hydroxylation is 1. The molecule has 1 aliphatic carbocycles. The van der Waals surface area contributed by atoms with E-state index < -0.39 is 10.0 Å². The molecule has 2 unspecified atom stereocenters. The molecular weight excluding hydrogens is 306 g/mol. The normalized spacial score (nSPS) is 23.1. The molecule has 118 valence electrons. The second kappa shape index (κ2) is 7.61. The molecule has 1 saturated carbocycles. The van der Waals surface area contributed by atoms with Crippen LogP contribution in [0.25, 0.3) is 0 Å². The van der Waals surface area contributed by atoms with Gasteiger partial charge in [0.2, 0.25) is 10.0 Å². The van der Waals surface area contributed by atoms with E-state index in [4.69, 9.17) is 11.6 Å². The number of halogens is 1. The van der Waals surface area contributed by atoms with Gasteiger partial charge in [0, 0.05) is 11.9 Å². The van der Waals surface area contributed by atoms with E-state index in [1.54, 1.807) is 12.1 Å². The van der Waals surface area contributed by atoms with Crippen LogP contribution in [0, 0.1) is 5.92 Å². The molecule has 3 nitrogen and oxygen atoms in total. The molecule has 21 heavy (non-hydrogen) atoms. The number of rotatable bonds is 6. The second-order valence-electron chi connectivity index (χ2n) is 5.88. The molecular formula is C16H24ClNO2S. The van der Waals surface area contributed by atoms with Gasteiger partial charge in [-0.15, -0.1) is 11.6 Å². The standard InChI is InChI=1S/C16H24ClNO2S/c1-2-4-13-7-9-16(10-8-13)21(19,20)18-12-14-5-3-6-15(17)11-14/h7-10,14-15,18H,2-6,11-12H2,1H3. The lowest BCUT2D eigenvalue weighted by Crippen LogP contribution is -2.32. The van der Waals surface area contributed by atoms with Crippen LogP contribution in [0.3, 0.4) is 0 Å². The highest BCUT2D eigenvalue weighted by molar-refractivity contribution is 7.89. The number of hydrogen-bond donors (Lipinski definition) is 1. The first-order chi connectivity index (χ1) is 10.0. The smallest absolute Gasteiger partial charge is 0.211 e. The molecule has 0 bridgehead atoms. The predicted molar refractivity (Wildman–Crippen MR) is 87.2 cm³/mol. The first-order valence-electron chi connectivity index (χ1n) is 7.74. The highest BCUT2D eigenvalue weighted by atomic mass is 35.5. The molecule has 0 aliphatic heterocycles. The highest BCUT2D eigenvalue weighted by Crippen LogP contribution is 2.27. The van der Waals surface area contributed by atoms with Crippen molar-refractivity contribution in [1.82, 2.24) is 4.72 Å². The lowest BCUT2D eigenvalue weighted by molar-refractivity contribution is 0.361. The maximum absolute atomic E-state index is 12.3. The fraction of sp³-hybridized carbons (Fsp3) is 0.625. The molecule has 0 saturated heterocycles. The zero-order valence-electron chi connectivity index (χ0n) is 12.5. The molecule has 0 amide bonds. The largest absolute Gasteiger partial charge is 0.240 e. The van der Waals surface area contributed by atoms with Crippen molar-refractivity contribution in [2.24, 2.45) is 5.92 Å². The van der Waals surface area contributed by atoms with Gasteiger partial charge in [-0.05, 0) is 49.3 Å². The van der Waals surface area contributed by atoms with Gasteiger partial charge in [-0.3, -0.25) is 0 Å². The van der Waals surface area contributed by atoms with Gasteiger partial charge in [-0.2, -0.15) is 0 Å². The average Bonchev–Trinajstić information content (AvgIpc) is 2.46. The summed E-state index contributed by atoms with van der Waals surface area (Å²) >= 11 is 6.15. The average molecular weight is 330 g/mol. The van der Waals surface area contributed by atoms with Crippen molar-refractivity contribution in [3.8, 4) is 0 Å². The van der Waals surface area contributed by atoms with Crippen LogP contribution in [0.2, 0.25) is 0 Å². The van der Waals surface area contributed by atoms with E-state index in [1.807, 2.05) is 12.1 Å². The lowest BCUT2D eigenvalue weighted by atomic mass is 9.89. The first kappa shape index (κ1) is 16.8. The Morgan fingerprint density at radius 2 is 1.95 bits per heavy atom. The first-order valence-corrected chi connectivity index (χ1v) is 9.66. The molecule has 1 N–H and O–H groups in total. The van der Waals surface area contributed by atoms with Crippen molar-refractivity contribution < 1.29 is 8.42 Å². The highest BCUT2D eigenvalue weighted by Gasteiger charge is 2.22. The Balaban J connectivity index is 1.94. The van der Waals surface area contributed by atoms with Gasteiger partial charge < -0.3 is 0 Å². The third-order valence-electron chi connectivity index (χ3n) is 4.05. The summed E-state index contributed by atoms with van der Waals surface area (Å²) in [6.45, 7) is 2.60. The molecule has 0 radical (unpaired) electrons. The lowest BCUT2D eigenvalue weighted by Gasteiger charge is -2.25. The summed E-state index contributed by atoms with van der Waals surface area (Å²) in [6.07, 6.45) is 6.13. The predicted octanol–water partition coefficient (Wildman–Crippen LogP) is 3.72. The number of hydrogen-bond acceptors (Lipinski definition) is 2. The zero-order chi connectivity index (χ0) is 15.3. The molecule has 2 rings (SSSR count). The van der Waals surface area contributed by atoms with Gasteiger partial charge in [-0.25, -0.2) is 13.1 Å². The summed E-state index contributed by atoms with van der Waals surface area (Å²) in [4.78, 5) is 0.348. The summed E-state index contributed by atoms with van der Waals surface area (Å²) in [5.41, 5.74) is 1.17. The van der Waals surface area contributed by atoms with Crippen molar-refractivity contribution in [3.05, 3.63) is 29.8 Å². The van der Waals surface area contributed by atoms with E-state index in [1.165, 1.54) is 5.56 Å². The van der Waals surface area contributed by atoms with Gasteiger partial charge in [0.15, 0.2) is 0 Å². The number of benzene rings is 1. The van der Waals surface area contributed by atoms with Gasteiger partial charge in [0.25, 0.3) is 0 Å². The van der Waals surface area contributed by atoms with E-state index in [0.29, 0.717) is 17.4 Å². The minimum Gasteiger partial charge on any atom is -0.211 e. The molecule has 1 aromatic rings. The third-order valence-corrected chi connectivity index (χ3v) is 5.89. The number of alkyl halides is 1. The quantitative estimate of drug-likeness (QED) is 0.808. The summed E-state index contributed by atoms with van der Waals surface area (Å²) in [5.74, 6) is 0.357. The van der Waals surface area contributed by atoms with Gasteiger partial charge in [-0.1, -0.05) is 31.9 Å². The van der Waals surface area contributed by atoms with E-state index in [2.05, 4.69) is 11.6 Å². The molecule has 2 atom stereocenters. The number of nitrogens with one attached hydrogen (secondary N) is 1. The summed E-state index contributed by atoms with van der Waals surface area (Å²) in [7, 11) is -3.40. The van der Waals surface area contributed by atoms with Crippen LogP contribution in [0.15, 0.2) is 29.2 Å². The molecule has 1 aromatic carbocycles. The summed E-state index contributed by atoms with van der Waals surface area (Å²) in [5, 5.41) is 0.196. The Bertz CT molecular complexity index is 542. The van der Waals surface area contributed by atoms with E-state index in [-0.39, 0.29) is 5.38 Å². The van der Waals surface area contributed by atoms with Crippen molar-refractivity contribution >= 4 is 21.6 Å². The zero-order valence-corrected chi connectivity index (χ0v) is 14.1. The van der Waals surface area contributed by atoms with Crippen LogP contribution in [-0.4, -0.2) is 20.3 Å². The van der Waals surface area contributed by atoms with Crippen LogP contribution in [0.5, 0.6) is 0 Å². The van der Waals surface area contributed by atoms with E-state index in [9.17, 15) is 8.42 Å². The molecule has 0 aromatic heterocycles. The Morgan fingerprint density at radius 1 is 1.24 bits per heavy atom. The van der Waals surface area contributed by atoms with Crippen LogP contribution in [-0.2, 0) is 16.4 Å².